The molecule has 33 heavy (non-hydrogen) atoms. The fourth-order valence-corrected chi connectivity index (χ4v) is 4.59. The maximum Gasteiger partial charge on any atom is 0.278 e. The minimum absolute atomic E-state index is 0.163. The summed E-state index contributed by atoms with van der Waals surface area (Å²) in [4.78, 5) is 58.8. The maximum atomic E-state index is 13.4. The van der Waals surface area contributed by atoms with Crippen molar-refractivity contribution in [2.75, 3.05) is 31.3 Å². The number of ether oxygens (including phenoxy) is 1. The number of aromatic nitrogens is 5. The highest BCUT2D eigenvalue weighted by Gasteiger charge is 2.25. The number of piperidine rings is 1. The third kappa shape index (κ3) is 5.32. The van der Waals surface area contributed by atoms with E-state index in [1.807, 2.05) is 4.90 Å². The number of hydrogen-bond donors (Lipinski definition) is 2. The molecule has 0 bridgehead atoms. The van der Waals surface area contributed by atoms with Gasteiger partial charge in [-0.3, -0.25) is 14.6 Å². The Morgan fingerprint density at radius 2 is 2.03 bits per heavy atom. The van der Waals surface area contributed by atoms with E-state index in [9.17, 15) is 19.4 Å². The number of nitrogens with zero attached hydrogens (tertiary/aromatic N) is 6. The van der Waals surface area contributed by atoms with Crippen LogP contribution in [-0.2, 0) is 6.54 Å². The van der Waals surface area contributed by atoms with Gasteiger partial charge >= 0.3 is 0 Å². The van der Waals surface area contributed by atoms with Crippen molar-refractivity contribution in [3.63, 3.8) is 0 Å². The number of Topliss-reactive ketones (excluding diaryl/α,β-unsaturated/α-hetero) is 1. The van der Waals surface area contributed by atoms with E-state index < -0.39 is 13.9 Å². The molecule has 0 radical (unpaired) electrons. The summed E-state index contributed by atoms with van der Waals surface area (Å²) in [5, 5.41) is 5.14. The zero-order valence-electron chi connectivity index (χ0n) is 18.2. The average molecular weight is 472 g/mol. The summed E-state index contributed by atoms with van der Waals surface area (Å²) in [6, 6.07) is 1.65. The maximum absolute atomic E-state index is 13.4. The molecular weight excluding hydrogens is 447 g/mol. The van der Waals surface area contributed by atoms with Gasteiger partial charge in [-0.15, -0.1) is 0 Å². The first-order valence-corrected chi connectivity index (χ1v) is 12.0. The number of fused-ring (bicyclic) bond motifs is 1. The van der Waals surface area contributed by atoms with E-state index in [1.54, 1.807) is 6.07 Å². The van der Waals surface area contributed by atoms with Crippen LogP contribution in [0.3, 0.4) is 0 Å². The number of anilines is 1. The molecule has 0 unspecified atom stereocenters. The highest BCUT2D eigenvalue weighted by Crippen LogP contribution is 2.33. The van der Waals surface area contributed by atoms with E-state index in [2.05, 4.69) is 20.1 Å². The van der Waals surface area contributed by atoms with Crippen molar-refractivity contribution in [1.82, 2.24) is 24.7 Å². The van der Waals surface area contributed by atoms with Crippen LogP contribution in [0.1, 0.15) is 29.8 Å². The van der Waals surface area contributed by atoms with Crippen LogP contribution in [0.25, 0.3) is 10.8 Å². The van der Waals surface area contributed by atoms with Crippen LogP contribution in [0.5, 0.6) is 5.88 Å². The quantitative estimate of drug-likeness (QED) is 0.364. The molecule has 0 spiro atoms. The molecule has 0 amide bonds. The molecule has 4 heterocycles. The van der Waals surface area contributed by atoms with E-state index in [1.165, 1.54) is 31.9 Å². The Morgan fingerprint density at radius 1 is 1.24 bits per heavy atom. The molecule has 3 aromatic heterocycles. The summed E-state index contributed by atoms with van der Waals surface area (Å²) in [5.41, 5.74) is -0.251. The third-order valence-corrected chi connectivity index (χ3v) is 6.45. The zero-order valence-corrected chi connectivity index (χ0v) is 19.1. The van der Waals surface area contributed by atoms with Crippen molar-refractivity contribution in [3.8, 4) is 5.88 Å². The predicted octanol–water partition coefficient (Wildman–Crippen LogP) is 1.38. The van der Waals surface area contributed by atoms with E-state index in [4.69, 9.17) is 4.74 Å². The number of carbonyl (C=O) groups is 1. The second-order valence-electron chi connectivity index (χ2n) is 7.89. The van der Waals surface area contributed by atoms with Crippen molar-refractivity contribution in [1.29, 1.82) is 0 Å². The summed E-state index contributed by atoms with van der Waals surface area (Å²) >= 11 is 0. The van der Waals surface area contributed by atoms with E-state index >= 15 is 0 Å². The first-order chi connectivity index (χ1) is 16.0. The summed E-state index contributed by atoms with van der Waals surface area (Å²) in [6.07, 6.45) is 8.67. The molecule has 0 saturated carbocycles. The Balaban J connectivity index is 1.64. The van der Waals surface area contributed by atoms with Gasteiger partial charge in [0.15, 0.2) is 8.38 Å². The molecule has 0 aliphatic carbocycles. The van der Waals surface area contributed by atoms with Crippen molar-refractivity contribution in [3.05, 3.63) is 46.9 Å². The Labute approximate surface area is 191 Å². The van der Waals surface area contributed by atoms with Gasteiger partial charge in [0.25, 0.3) is 5.56 Å². The lowest BCUT2D eigenvalue weighted by molar-refractivity contribution is 0.0960. The van der Waals surface area contributed by atoms with Gasteiger partial charge in [-0.1, -0.05) is 0 Å². The van der Waals surface area contributed by atoms with Crippen LogP contribution in [0.4, 0.5) is 5.82 Å². The normalized spacial score (nSPS) is 14.7. The molecular formula is C21H25N6O5P. The van der Waals surface area contributed by atoms with E-state index in [0.29, 0.717) is 47.6 Å². The van der Waals surface area contributed by atoms with Crippen molar-refractivity contribution < 1.29 is 19.3 Å². The standard InChI is InChI=1S/C21H25N6O5P/c1-32-18-10-15-11-24-27(13-17(28)16-12-22-5-6-23-16)21(29)19(15)20(25-18)26-7-2-14(3-8-26)4-9-33(30)31/h5-6,10-12,14,30-31H,2-4,7-9,13H2,1H3. The second-order valence-corrected chi connectivity index (χ2v) is 9.08. The van der Waals surface area contributed by atoms with Gasteiger partial charge in [-0.25, -0.2) is 9.67 Å². The number of pyridine rings is 1. The van der Waals surface area contributed by atoms with E-state index in [0.717, 1.165) is 23.9 Å². The number of hydrogen-bond acceptors (Lipinski definition) is 10. The number of rotatable bonds is 8. The van der Waals surface area contributed by atoms with Crippen molar-refractivity contribution in [2.45, 2.75) is 25.8 Å². The van der Waals surface area contributed by atoms with Gasteiger partial charge in [-0.05, 0) is 25.2 Å². The van der Waals surface area contributed by atoms with Gasteiger partial charge in [0.05, 0.1) is 24.9 Å². The molecule has 3 aromatic rings. The monoisotopic (exact) mass is 472 g/mol. The van der Waals surface area contributed by atoms with Crippen LogP contribution >= 0.6 is 8.38 Å². The molecule has 0 atom stereocenters. The lowest BCUT2D eigenvalue weighted by atomic mass is 9.94. The molecule has 1 saturated heterocycles. The Bertz CT molecular complexity index is 1180. The Kier molecular flexibility index (Phi) is 7.22. The van der Waals surface area contributed by atoms with Gasteiger partial charge in [-0.2, -0.15) is 10.1 Å². The first-order valence-electron chi connectivity index (χ1n) is 10.6. The van der Waals surface area contributed by atoms with Crippen molar-refractivity contribution >= 4 is 30.7 Å². The van der Waals surface area contributed by atoms with Gasteiger partial charge in [0.1, 0.15) is 18.1 Å². The molecule has 1 aliphatic heterocycles. The molecule has 2 N–H and O–H groups in total. The largest absolute Gasteiger partial charge is 0.481 e. The SMILES string of the molecule is COc1cc2cnn(CC(=O)c3cnccn3)c(=O)c2c(N2CCC(CCP(O)O)CC2)n1. The third-order valence-electron chi connectivity index (χ3n) is 5.79. The fourth-order valence-electron chi connectivity index (χ4n) is 4.00. The Hall–Kier alpha value is -3.01. The van der Waals surface area contributed by atoms with Crippen LogP contribution in [0.2, 0.25) is 0 Å². The highest BCUT2D eigenvalue weighted by molar-refractivity contribution is 7.45. The number of carbonyl (C=O) groups excluding carboxylic acids is 1. The second kappa shape index (κ2) is 10.3. The molecule has 0 aromatic carbocycles. The van der Waals surface area contributed by atoms with Gasteiger partial charge < -0.3 is 19.4 Å². The summed E-state index contributed by atoms with van der Waals surface area (Å²) in [7, 11) is -0.358. The van der Waals surface area contributed by atoms with E-state index in [-0.39, 0.29) is 18.0 Å². The fraction of sp³-hybridized carbons (Fsp3) is 0.429. The topological polar surface area (TPSA) is 144 Å². The molecule has 12 heteroatoms. The summed E-state index contributed by atoms with van der Waals surface area (Å²) < 4.78 is 6.45. The lowest BCUT2D eigenvalue weighted by Crippen LogP contribution is -2.36. The molecule has 1 fully saturated rings. The van der Waals surface area contributed by atoms with Crippen LogP contribution in [0, 0.1) is 5.92 Å². The Morgan fingerprint density at radius 3 is 2.70 bits per heavy atom. The average Bonchev–Trinajstić information content (AvgIpc) is 2.84. The molecule has 4 rings (SSSR count). The zero-order chi connectivity index (χ0) is 23.4. The summed E-state index contributed by atoms with van der Waals surface area (Å²) in [6.45, 7) is 1.09. The predicted molar refractivity (Wildman–Crippen MR) is 122 cm³/mol. The van der Waals surface area contributed by atoms with Crippen LogP contribution in [-0.4, -0.2) is 66.7 Å². The molecule has 1 aliphatic rings. The van der Waals surface area contributed by atoms with Gasteiger partial charge in [0.2, 0.25) is 11.7 Å². The minimum Gasteiger partial charge on any atom is -0.481 e. The summed E-state index contributed by atoms with van der Waals surface area (Å²) in [5.74, 6) is 0.904. The molecule has 11 nitrogen and oxygen atoms in total. The smallest absolute Gasteiger partial charge is 0.278 e. The highest BCUT2D eigenvalue weighted by atomic mass is 31.2. The van der Waals surface area contributed by atoms with Crippen molar-refractivity contribution in [2.24, 2.45) is 5.92 Å². The van der Waals surface area contributed by atoms with Crippen LogP contribution in [0.15, 0.2) is 35.6 Å². The van der Waals surface area contributed by atoms with Gasteiger partial charge in [0, 0.05) is 43.1 Å². The number of ketones is 1. The minimum atomic E-state index is -1.87. The first kappa shape index (κ1) is 23.2. The molecule has 174 valence electrons. The number of methoxy groups -OCH3 is 1. The van der Waals surface area contributed by atoms with Crippen LogP contribution < -0.4 is 15.2 Å². The lowest BCUT2D eigenvalue weighted by Gasteiger charge is -2.33.